The quantitative estimate of drug-likeness (QED) is 0.629. The number of nitrogens with zero attached hydrogens (tertiary/aromatic N) is 3. The Morgan fingerprint density at radius 1 is 1.07 bits per heavy atom. The Bertz CT molecular complexity index is 948. The summed E-state index contributed by atoms with van der Waals surface area (Å²) in [4.78, 5) is 0. The van der Waals surface area contributed by atoms with E-state index >= 15 is 0 Å². The van der Waals surface area contributed by atoms with Crippen molar-refractivity contribution in [3.8, 4) is 0 Å². The van der Waals surface area contributed by atoms with E-state index < -0.39 is 0 Å². The van der Waals surface area contributed by atoms with E-state index in [0.717, 1.165) is 24.4 Å². The molecule has 2 aromatic rings. The van der Waals surface area contributed by atoms with Crippen molar-refractivity contribution < 1.29 is 9.42 Å². The normalized spacial score (nSPS) is 23.1. The van der Waals surface area contributed by atoms with Gasteiger partial charge in [0.2, 0.25) is 0 Å². The Morgan fingerprint density at radius 3 is 2.34 bits per heavy atom. The van der Waals surface area contributed by atoms with E-state index in [0.29, 0.717) is 18.6 Å². The average Bonchev–Trinajstić information content (AvgIpc) is 3.20. The Morgan fingerprint density at radius 2 is 1.72 bits per heavy atom. The van der Waals surface area contributed by atoms with Crippen LogP contribution in [-0.4, -0.2) is 27.3 Å². The zero-order valence-electron chi connectivity index (χ0n) is 18.2. The summed E-state index contributed by atoms with van der Waals surface area (Å²) in [6, 6.07) is 14.7. The van der Waals surface area contributed by atoms with Crippen molar-refractivity contribution in [3.63, 3.8) is 0 Å². The summed E-state index contributed by atoms with van der Waals surface area (Å²) in [5, 5.41) is 4.96. The predicted octanol–water partition coefficient (Wildman–Crippen LogP) is 5.40. The molecule has 0 unspecified atom stereocenters. The zero-order valence-corrected chi connectivity index (χ0v) is 18.2. The van der Waals surface area contributed by atoms with Crippen molar-refractivity contribution >= 4 is 17.7 Å². The molecule has 1 fully saturated rings. The van der Waals surface area contributed by atoms with Crippen LogP contribution in [0.5, 0.6) is 0 Å². The molecule has 0 N–H and O–H groups in total. The summed E-state index contributed by atoms with van der Waals surface area (Å²) < 4.78 is 10.5. The molecule has 4 rings (SSSR count). The molecule has 1 aromatic heterocycles. The van der Waals surface area contributed by atoms with Gasteiger partial charge in [-0.1, -0.05) is 56.2 Å². The number of benzene rings is 1. The van der Waals surface area contributed by atoms with Crippen LogP contribution < -0.4 is 0 Å². The molecule has 0 amide bonds. The van der Waals surface area contributed by atoms with Gasteiger partial charge in [-0.3, -0.25) is 0 Å². The number of aryl methyl sites for hydroxylation is 2. The first-order valence-corrected chi connectivity index (χ1v) is 10.6. The summed E-state index contributed by atoms with van der Waals surface area (Å²) in [5.74, 6) is 1.63. The van der Waals surface area contributed by atoms with E-state index in [1.54, 1.807) is 0 Å². The first kappa shape index (κ1) is 19.8. The van der Waals surface area contributed by atoms with Crippen LogP contribution in [-0.2, 0) is 11.3 Å². The number of hydrogen-bond donors (Lipinski definition) is 0. The van der Waals surface area contributed by atoms with E-state index in [1.807, 2.05) is 6.07 Å². The molecule has 4 nitrogen and oxygen atoms in total. The summed E-state index contributed by atoms with van der Waals surface area (Å²) in [6.45, 7) is 11.7. The lowest BCUT2D eigenvalue weighted by Crippen LogP contribution is -2.34. The third-order valence-corrected chi connectivity index (χ3v) is 5.80. The number of rotatable bonds is 5. The molecule has 0 spiro atoms. The van der Waals surface area contributed by atoms with Gasteiger partial charge in [0.25, 0.3) is 0 Å². The fraction of sp³-hybridized carbons (Fsp3) is 0.440. The third-order valence-electron chi connectivity index (χ3n) is 5.80. The topological polar surface area (TPSA) is 29.5 Å². The van der Waals surface area contributed by atoms with Crippen molar-refractivity contribution in [1.82, 2.24) is 4.57 Å². The van der Waals surface area contributed by atoms with Crippen LogP contribution in [0.15, 0.2) is 53.6 Å². The minimum atomic E-state index is 0.0176. The minimum Gasteiger partial charge on any atom is -0.373 e. The van der Waals surface area contributed by atoms with Crippen molar-refractivity contribution in [3.05, 3.63) is 65.5 Å². The smallest absolute Gasteiger partial charge is 0.313 e. The molecule has 4 heteroatoms. The fourth-order valence-corrected chi connectivity index (χ4v) is 3.91. The molecule has 1 saturated carbocycles. The van der Waals surface area contributed by atoms with Crippen LogP contribution in [0.3, 0.4) is 0 Å². The van der Waals surface area contributed by atoms with Crippen LogP contribution >= 0.6 is 0 Å². The monoisotopic (exact) mass is 390 g/mol. The Labute approximate surface area is 174 Å². The number of ether oxygens (including phenoxy) is 1. The summed E-state index contributed by atoms with van der Waals surface area (Å²) >= 11 is 0. The van der Waals surface area contributed by atoms with Crippen molar-refractivity contribution in [1.29, 1.82) is 0 Å². The Kier molecular flexibility index (Phi) is 5.30. The van der Waals surface area contributed by atoms with Gasteiger partial charge in [-0.15, -0.1) is 4.68 Å². The van der Waals surface area contributed by atoms with Crippen LogP contribution in [0, 0.1) is 25.2 Å². The van der Waals surface area contributed by atoms with Gasteiger partial charge in [0.1, 0.15) is 17.6 Å². The van der Waals surface area contributed by atoms with Gasteiger partial charge in [-0.2, -0.15) is 4.57 Å². The number of aromatic nitrogens is 1. The molecule has 29 heavy (non-hydrogen) atoms. The molecule has 152 valence electrons. The van der Waals surface area contributed by atoms with Crippen molar-refractivity contribution in [2.75, 3.05) is 0 Å². The number of allylic oxidation sites excluding steroid dienone is 1. The van der Waals surface area contributed by atoms with E-state index in [9.17, 15) is 0 Å². The van der Waals surface area contributed by atoms with Gasteiger partial charge in [0.05, 0.1) is 24.5 Å². The second kappa shape index (κ2) is 7.75. The Hall–Kier alpha value is -2.46. The Balaban J connectivity index is 1.47. The minimum absolute atomic E-state index is 0.0176. The van der Waals surface area contributed by atoms with Gasteiger partial charge in [-0.25, -0.2) is 0 Å². The SMILES string of the molecule is Cc1ccc(C)n1C1=CC(C(C)(C)C)=N/[N+]1=C\C1CC(OCc2ccccc2)C1. The molecular weight excluding hydrogens is 358 g/mol. The van der Waals surface area contributed by atoms with Crippen LogP contribution in [0.2, 0.25) is 0 Å². The standard InChI is InChI=1S/C25H32N3O/c1-18-11-12-19(2)28(18)24-15-23(25(3,4)5)26-27(24)16-21-13-22(14-21)29-17-20-9-7-6-8-10-20/h6-12,15-16,21-22H,13-14,17H2,1-5H3/q+1/b27-16-. The first-order chi connectivity index (χ1) is 13.8. The lowest BCUT2D eigenvalue weighted by atomic mass is 9.83. The fourth-order valence-electron chi connectivity index (χ4n) is 3.91. The molecular formula is C25H32N3O+. The second-order valence-corrected chi connectivity index (χ2v) is 9.33. The predicted molar refractivity (Wildman–Crippen MR) is 119 cm³/mol. The van der Waals surface area contributed by atoms with Gasteiger partial charge in [-0.05, 0) is 44.4 Å². The van der Waals surface area contributed by atoms with E-state index in [2.05, 4.69) is 92.6 Å². The van der Waals surface area contributed by atoms with Crippen molar-refractivity contribution in [2.45, 2.75) is 60.2 Å². The zero-order chi connectivity index (χ0) is 20.6. The molecule has 2 heterocycles. The number of hydrazone groups is 1. The highest BCUT2D eigenvalue weighted by Gasteiger charge is 2.35. The number of hydrogen-bond acceptors (Lipinski definition) is 2. The molecule has 2 aliphatic rings. The first-order valence-electron chi connectivity index (χ1n) is 10.6. The molecule has 1 aliphatic carbocycles. The van der Waals surface area contributed by atoms with Crippen LogP contribution in [0.1, 0.15) is 50.6 Å². The van der Waals surface area contributed by atoms with E-state index in [1.165, 1.54) is 17.0 Å². The van der Waals surface area contributed by atoms with E-state index in [4.69, 9.17) is 9.84 Å². The highest BCUT2D eigenvalue weighted by atomic mass is 16.5. The molecule has 1 aromatic carbocycles. The molecule has 0 saturated heterocycles. The maximum absolute atomic E-state index is 6.08. The summed E-state index contributed by atoms with van der Waals surface area (Å²) in [6.07, 6.45) is 6.97. The second-order valence-electron chi connectivity index (χ2n) is 9.33. The summed E-state index contributed by atoms with van der Waals surface area (Å²) in [5.41, 5.74) is 4.84. The van der Waals surface area contributed by atoms with Crippen LogP contribution in [0.25, 0.3) is 5.82 Å². The third kappa shape index (κ3) is 4.27. The highest BCUT2D eigenvalue weighted by Crippen LogP contribution is 2.32. The lowest BCUT2D eigenvalue weighted by molar-refractivity contribution is -0.438. The van der Waals surface area contributed by atoms with Crippen molar-refractivity contribution in [2.24, 2.45) is 16.4 Å². The van der Waals surface area contributed by atoms with E-state index in [-0.39, 0.29) is 5.41 Å². The van der Waals surface area contributed by atoms with Gasteiger partial charge in [0, 0.05) is 11.3 Å². The van der Waals surface area contributed by atoms with Crippen LogP contribution in [0.4, 0.5) is 0 Å². The maximum Gasteiger partial charge on any atom is 0.313 e. The maximum atomic E-state index is 6.08. The van der Waals surface area contributed by atoms with Gasteiger partial charge in [0.15, 0.2) is 0 Å². The lowest BCUT2D eigenvalue weighted by Gasteiger charge is -2.32. The van der Waals surface area contributed by atoms with Gasteiger partial charge < -0.3 is 4.74 Å². The largest absolute Gasteiger partial charge is 0.373 e. The highest BCUT2D eigenvalue weighted by molar-refractivity contribution is 6.03. The van der Waals surface area contributed by atoms with Gasteiger partial charge >= 0.3 is 5.82 Å². The molecule has 0 radical (unpaired) electrons. The molecule has 0 bridgehead atoms. The summed E-state index contributed by atoms with van der Waals surface area (Å²) in [7, 11) is 0. The molecule has 1 aliphatic heterocycles. The molecule has 0 atom stereocenters. The average molecular weight is 391 g/mol.